The van der Waals surface area contributed by atoms with Crippen LogP contribution in [-0.4, -0.2) is 47.2 Å². The van der Waals surface area contributed by atoms with Crippen molar-refractivity contribution >= 4 is 40.0 Å². The van der Waals surface area contributed by atoms with Crippen molar-refractivity contribution in [2.24, 2.45) is 0 Å². The average molecular weight is 508 g/mol. The van der Waals surface area contributed by atoms with Crippen molar-refractivity contribution in [3.63, 3.8) is 0 Å². The fourth-order valence-corrected chi connectivity index (χ4v) is 4.26. The van der Waals surface area contributed by atoms with Crippen LogP contribution >= 0.6 is 0 Å². The third kappa shape index (κ3) is 5.26. The van der Waals surface area contributed by atoms with E-state index in [1.54, 1.807) is 12.1 Å². The van der Waals surface area contributed by atoms with Gasteiger partial charge in [-0.1, -0.05) is 18.2 Å². The molecule has 3 heterocycles. The van der Waals surface area contributed by atoms with Crippen molar-refractivity contribution in [3.05, 3.63) is 89.0 Å². The second-order valence-corrected chi connectivity index (χ2v) is 9.72. The van der Waals surface area contributed by atoms with E-state index in [0.717, 1.165) is 41.2 Å². The van der Waals surface area contributed by atoms with Crippen LogP contribution in [0.1, 0.15) is 35.3 Å². The summed E-state index contributed by atoms with van der Waals surface area (Å²) in [7, 11) is 0. The van der Waals surface area contributed by atoms with Crippen molar-refractivity contribution in [1.29, 1.82) is 0 Å². The van der Waals surface area contributed by atoms with E-state index < -0.39 is 5.54 Å². The molecule has 1 amide bonds. The SMILES string of the molecule is [C-]#[N+]C(C)(C)c1cccc(NC(=O)c2ccc(C)c(Nc3ncnc4ccc(N5CCOCC5)nc34)c2)c1. The second-order valence-electron chi connectivity index (χ2n) is 9.72. The first-order valence-corrected chi connectivity index (χ1v) is 12.5. The minimum Gasteiger partial charge on any atom is -0.378 e. The number of ether oxygens (including phenoxy) is 1. The third-order valence-electron chi connectivity index (χ3n) is 6.66. The Labute approximate surface area is 221 Å². The maximum absolute atomic E-state index is 13.1. The second kappa shape index (κ2) is 10.4. The number of carbonyl (C=O) groups excluding carboxylic acids is 1. The van der Waals surface area contributed by atoms with Crippen LogP contribution in [0.2, 0.25) is 0 Å². The van der Waals surface area contributed by atoms with Crippen LogP contribution in [0.15, 0.2) is 60.9 Å². The van der Waals surface area contributed by atoms with E-state index >= 15 is 0 Å². The highest BCUT2D eigenvalue weighted by Crippen LogP contribution is 2.29. The van der Waals surface area contributed by atoms with E-state index in [1.165, 1.54) is 6.33 Å². The highest BCUT2D eigenvalue weighted by molar-refractivity contribution is 6.05. The predicted molar refractivity (Wildman–Crippen MR) is 149 cm³/mol. The zero-order valence-electron chi connectivity index (χ0n) is 21.7. The van der Waals surface area contributed by atoms with Crippen molar-refractivity contribution < 1.29 is 9.53 Å². The molecule has 1 saturated heterocycles. The number of amides is 1. The molecule has 0 unspecified atom stereocenters. The Bertz CT molecular complexity index is 1540. The van der Waals surface area contributed by atoms with Crippen LogP contribution in [0.3, 0.4) is 0 Å². The molecule has 192 valence electrons. The number of pyridine rings is 1. The Morgan fingerprint density at radius 2 is 1.89 bits per heavy atom. The number of morpholine rings is 1. The number of anilines is 4. The van der Waals surface area contributed by atoms with Gasteiger partial charge in [0.25, 0.3) is 11.4 Å². The van der Waals surface area contributed by atoms with Crippen molar-refractivity contribution in [2.45, 2.75) is 26.3 Å². The number of hydrogen-bond acceptors (Lipinski definition) is 7. The number of nitrogens with one attached hydrogen (secondary N) is 2. The summed E-state index contributed by atoms with van der Waals surface area (Å²) in [5.41, 5.74) is 4.40. The van der Waals surface area contributed by atoms with Crippen LogP contribution in [0, 0.1) is 13.5 Å². The number of aryl methyl sites for hydroxylation is 1. The van der Waals surface area contributed by atoms with E-state index in [-0.39, 0.29) is 5.91 Å². The zero-order chi connectivity index (χ0) is 26.7. The van der Waals surface area contributed by atoms with Gasteiger partial charge in [0.15, 0.2) is 5.82 Å². The van der Waals surface area contributed by atoms with Crippen molar-refractivity contribution in [3.8, 4) is 0 Å². The lowest BCUT2D eigenvalue weighted by Gasteiger charge is -2.28. The maximum atomic E-state index is 13.1. The van der Waals surface area contributed by atoms with Crippen LogP contribution in [0.4, 0.5) is 23.0 Å². The smallest absolute Gasteiger partial charge is 0.255 e. The van der Waals surface area contributed by atoms with E-state index in [1.807, 2.05) is 63.2 Å². The van der Waals surface area contributed by atoms with Crippen LogP contribution in [-0.2, 0) is 10.3 Å². The standard InChI is InChI=1S/C29H29N7O2/c1-19-8-9-20(28(37)33-22-7-5-6-21(17-22)29(2,3)30-4)16-24(19)34-27-26-23(31-18-32-27)10-11-25(35-26)36-12-14-38-15-13-36/h5-11,16-18H,12-15H2,1-3H3,(H,33,37)(H,31,32,34). The molecule has 2 aromatic carbocycles. The number of rotatable bonds is 6. The zero-order valence-corrected chi connectivity index (χ0v) is 21.7. The largest absolute Gasteiger partial charge is 0.378 e. The minimum atomic E-state index is -0.669. The molecule has 9 heteroatoms. The molecule has 1 fully saturated rings. The van der Waals surface area contributed by atoms with Crippen LogP contribution in [0.25, 0.3) is 15.9 Å². The fourth-order valence-electron chi connectivity index (χ4n) is 4.26. The molecule has 9 nitrogen and oxygen atoms in total. The van der Waals surface area contributed by atoms with Gasteiger partial charge in [-0.25, -0.2) is 21.5 Å². The monoisotopic (exact) mass is 507 g/mol. The highest BCUT2D eigenvalue weighted by atomic mass is 16.5. The predicted octanol–water partition coefficient (Wildman–Crippen LogP) is 5.32. The van der Waals surface area contributed by atoms with Gasteiger partial charge in [0.2, 0.25) is 0 Å². The van der Waals surface area contributed by atoms with E-state index in [9.17, 15) is 4.79 Å². The van der Waals surface area contributed by atoms with Gasteiger partial charge in [0.1, 0.15) is 17.7 Å². The van der Waals surface area contributed by atoms with Gasteiger partial charge in [-0.2, -0.15) is 0 Å². The summed E-state index contributed by atoms with van der Waals surface area (Å²) in [5.74, 6) is 1.18. The van der Waals surface area contributed by atoms with Gasteiger partial charge >= 0.3 is 0 Å². The molecular weight excluding hydrogens is 478 g/mol. The first kappa shape index (κ1) is 25.1. The molecule has 0 saturated carbocycles. The Hall–Kier alpha value is -4.55. The van der Waals surface area contributed by atoms with E-state index in [2.05, 4.69) is 30.3 Å². The lowest BCUT2D eigenvalue weighted by atomic mass is 9.95. The summed E-state index contributed by atoms with van der Waals surface area (Å²) >= 11 is 0. The molecule has 0 aliphatic carbocycles. The summed E-state index contributed by atoms with van der Waals surface area (Å²) in [6, 6.07) is 16.8. The van der Waals surface area contributed by atoms with E-state index in [4.69, 9.17) is 16.3 Å². The fraction of sp³-hybridized carbons (Fsp3) is 0.276. The first-order chi connectivity index (χ1) is 18.3. The van der Waals surface area contributed by atoms with Crippen molar-refractivity contribution in [2.75, 3.05) is 41.8 Å². The number of aromatic nitrogens is 3. The Morgan fingerprint density at radius 3 is 2.68 bits per heavy atom. The highest BCUT2D eigenvalue weighted by Gasteiger charge is 2.26. The normalized spacial score (nSPS) is 13.7. The van der Waals surface area contributed by atoms with Gasteiger partial charge in [-0.05, 0) is 48.9 Å². The Morgan fingerprint density at radius 1 is 1.08 bits per heavy atom. The van der Waals surface area contributed by atoms with Gasteiger partial charge < -0.3 is 25.1 Å². The molecular formula is C29H29N7O2. The molecule has 2 N–H and O–H groups in total. The molecule has 1 aliphatic heterocycles. The van der Waals surface area contributed by atoms with Gasteiger partial charge in [-0.3, -0.25) is 4.79 Å². The molecule has 0 spiro atoms. The third-order valence-corrected chi connectivity index (χ3v) is 6.66. The topological polar surface area (TPSA) is 96.6 Å². The first-order valence-electron chi connectivity index (χ1n) is 12.5. The molecule has 0 atom stereocenters. The molecule has 5 rings (SSSR count). The minimum absolute atomic E-state index is 0.244. The van der Waals surface area contributed by atoms with Crippen LogP contribution in [0.5, 0.6) is 0 Å². The average Bonchev–Trinajstić information content (AvgIpc) is 2.94. The summed E-state index contributed by atoms with van der Waals surface area (Å²) in [6.45, 7) is 16.0. The number of benzene rings is 2. The lowest BCUT2D eigenvalue weighted by molar-refractivity contribution is 0.102. The maximum Gasteiger partial charge on any atom is 0.255 e. The number of carbonyl (C=O) groups is 1. The summed E-state index contributed by atoms with van der Waals surface area (Å²) in [6.07, 6.45) is 1.50. The molecule has 2 aromatic heterocycles. The molecule has 4 aromatic rings. The molecule has 1 aliphatic rings. The summed E-state index contributed by atoms with van der Waals surface area (Å²) < 4.78 is 5.47. The summed E-state index contributed by atoms with van der Waals surface area (Å²) in [5, 5.41) is 6.33. The lowest BCUT2D eigenvalue weighted by Crippen LogP contribution is -2.36. The quantitative estimate of drug-likeness (QED) is 0.341. The van der Waals surface area contributed by atoms with Gasteiger partial charge in [0.05, 0.1) is 18.7 Å². The number of hydrogen-bond donors (Lipinski definition) is 2. The van der Waals surface area contributed by atoms with E-state index in [0.29, 0.717) is 35.8 Å². The Balaban J connectivity index is 1.40. The molecule has 0 radical (unpaired) electrons. The van der Waals surface area contributed by atoms with Gasteiger partial charge in [0, 0.05) is 49.4 Å². The molecule has 38 heavy (non-hydrogen) atoms. The molecule has 0 bridgehead atoms. The number of fused-ring (bicyclic) bond motifs is 1. The van der Waals surface area contributed by atoms with Gasteiger partial charge in [-0.15, -0.1) is 0 Å². The van der Waals surface area contributed by atoms with Crippen LogP contribution < -0.4 is 15.5 Å². The van der Waals surface area contributed by atoms with Crippen molar-refractivity contribution in [1.82, 2.24) is 15.0 Å². The Kier molecular flexibility index (Phi) is 6.90. The number of nitrogens with zero attached hydrogens (tertiary/aromatic N) is 5. The summed E-state index contributed by atoms with van der Waals surface area (Å²) in [4.78, 5) is 32.7.